The number of ether oxygens (including phenoxy) is 2. The van der Waals surface area contributed by atoms with Crippen molar-refractivity contribution in [2.75, 3.05) is 27.2 Å². The highest BCUT2D eigenvalue weighted by Gasteiger charge is 2.25. The van der Waals surface area contributed by atoms with Crippen molar-refractivity contribution in [1.29, 1.82) is 0 Å². The number of sulfonamides is 1. The van der Waals surface area contributed by atoms with Crippen molar-refractivity contribution in [3.8, 4) is 11.5 Å². The highest BCUT2D eigenvalue weighted by molar-refractivity contribution is 7.89. The van der Waals surface area contributed by atoms with Crippen LogP contribution in [-0.2, 0) is 16.6 Å². The first-order valence-corrected chi connectivity index (χ1v) is 11.5. The minimum Gasteiger partial charge on any atom is -0.493 e. The Bertz CT molecular complexity index is 1060. The van der Waals surface area contributed by atoms with Gasteiger partial charge in [0.05, 0.1) is 22.6 Å². The van der Waals surface area contributed by atoms with Crippen LogP contribution >= 0.6 is 11.6 Å². The monoisotopic (exact) mass is 490 g/mol. The molecule has 176 valence electrons. The largest absolute Gasteiger partial charge is 0.493 e. The molecule has 0 unspecified atom stereocenters. The fourth-order valence-corrected chi connectivity index (χ4v) is 4.78. The number of rotatable bonds is 10. The Morgan fingerprint density at radius 3 is 2.31 bits per heavy atom. The number of carbonyl (C=O) groups excluding carboxylic acids is 1. The topological polar surface area (TPSA) is 76.2 Å². The Morgan fingerprint density at radius 1 is 1.09 bits per heavy atom. The fraction of sp³-hybridized carbons (Fsp3) is 0.381. The van der Waals surface area contributed by atoms with Crippen LogP contribution in [0.25, 0.3) is 0 Å². The van der Waals surface area contributed by atoms with Gasteiger partial charge in [0.1, 0.15) is 0 Å². The molecule has 0 aliphatic carbocycles. The highest BCUT2D eigenvalue weighted by atomic mass is 35.5. The molecule has 2 aromatic rings. The van der Waals surface area contributed by atoms with Crippen LogP contribution in [0.2, 0.25) is 5.02 Å². The summed E-state index contributed by atoms with van der Waals surface area (Å²) in [7, 11) is -0.943. The molecule has 0 bridgehead atoms. The van der Waals surface area contributed by atoms with Crippen LogP contribution in [0.15, 0.2) is 41.3 Å². The molecule has 0 aromatic heterocycles. The second kappa shape index (κ2) is 10.9. The van der Waals surface area contributed by atoms with E-state index in [1.54, 1.807) is 13.8 Å². The molecule has 11 heteroatoms. The lowest BCUT2D eigenvalue weighted by Crippen LogP contribution is -2.31. The van der Waals surface area contributed by atoms with Crippen LogP contribution < -0.4 is 9.47 Å². The normalized spacial score (nSPS) is 11.7. The van der Waals surface area contributed by atoms with Gasteiger partial charge < -0.3 is 14.4 Å². The van der Waals surface area contributed by atoms with Crippen LogP contribution in [0.5, 0.6) is 11.5 Å². The molecule has 0 aliphatic heterocycles. The molecule has 7 nitrogen and oxygen atoms in total. The van der Waals surface area contributed by atoms with E-state index in [-0.39, 0.29) is 46.6 Å². The van der Waals surface area contributed by atoms with E-state index >= 15 is 0 Å². The Morgan fingerprint density at radius 2 is 1.75 bits per heavy atom. The maximum absolute atomic E-state index is 13.0. The number of carbonyl (C=O) groups is 1. The lowest BCUT2D eigenvalue weighted by Gasteiger charge is -2.21. The zero-order valence-electron chi connectivity index (χ0n) is 18.1. The van der Waals surface area contributed by atoms with Gasteiger partial charge in [-0.05, 0) is 35.9 Å². The quantitative estimate of drug-likeness (QED) is 0.497. The average molecular weight is 491 g/mol. The number of halogens is 3. The summed E-state index contributed by atoms with van der Waals surface area (Å²) in [6.07, 6.45) is 0. The third-order valence-corrected chi connectivity index (χ3v) is 7.10. The Labute approximate surface area is 191 Å². The summed E-state index contributed by atoms with van der Waals surface area (Å²) in [6.45, 7) is 1.12. The molecule has 0 fully saturated rings. The standard InChI is InChI=1S/C21H25ClF2N2O5S/c1-5-26(6-2)32(28,29)15-8-9-17(22)16(12-15)20(27)25(3)13-14-7-10-18(31-21(23)24)19(11-14)30-4/h7-12,21H,5-6,13H2,1-4H3. The molecule has 32 heavy (non-hydrogen) atoms. The SMILES string of the molecule is CCN(CC)S(=O)(=O)c1ccc(Cl)c(C(=O)N(C)Cc2ccc(OC(F)F)c(OC)c2)c1. The van der Waals surface area contributed by atoms with Crippen molar-refractivity contribution in [2.45, 2.75) is 31.9 Å². The number of hydrogen-bond donors (Lipinski definition) is 0. The van der Waals surface area contributed by atoms with Gasteiger partial charge >= 0.3 is 6.61 Å². The zero-order valence-corrected chi connectivity index (χ0v) is 19.7. The van der Waals surface area contributed by atoms with Crippen LogP contribution in [-0.4, -0.2) is 57.4 Å². The molecule has 0 aliphatic rings. The molecule has 0 N–H and O–H groups in total. The van der Waals surface area contributed by atoms with E-state index in [1.807, 2.05) is 0 Å². The van der Waals surface area contributed by atoms with Gasteiger partial charge in [0.15, 0.2) is 11.5 Å². The highest BCUT2D eigenvalue weighted by Crippen LogP contribution is 2.30. The summed E-state index contributed by atoms with van der Waals surface area (Å²) in [5, 5.41) is 0.110. The van der Waals surface area contributed by atoms with Crippen LogP contribution in [0.4, 0.5) is 8.78 Å². The Hall–Kier alpha value is -2.43. The van der Waals surface area contributed by atoms with Crippen molar-refractivity contribution < 1.29 is 31.5 Å². The first-order chi connectivity index (χ1) is 15.0. The summed E-state index contributed by atoms with van der Waals surface area (Å²) in [5.74, 6) is -0.537. The summed E-state index contributed by atoms with van der Waals surface area (Å²) in [4.78, 5) is 14.3. The number of alkyl halides is 2. The van der Waals surface area contributed by atoms with Crippen molar-refractivity contribution in [2.24, 2.45) is 0 Å². The van der Waals surface area contributed by atoms with Gasteiger partial charge in [0.25, 0.3) is 5.91 Å². The maximum Gasteiger partial charge on any atom is 0.387 e. The van der Waals surface area contributed by atoms with E-state index in [1.165, 1.54) is 59.8 Å². The summed E-state index contributed by atoms with van der Waals surface area (Å²) < 4.78 is 61.4. The molecular weight excluding hydrogens is 466 g/mol. The van der Waals surface area contributed by atoms with Gasteiger partial charge in [-0.2, -0.15) is 13.1 Å². The van der Waals surface area contributed by atoms with Gasteiger partial charge in [0, 0.05) is 26.7 Å². The van der Waals surface area contributed by atoms with Crippen LogP contribution in [0.1, 0.15) is 29.8 Å². The number of benzene rings is 2. The first kappa shape index (κ1) is 25.8. The summed E-state index contributed by atoms with van der Waals surface area (Å²) in [5.41, 5.74) is 0.620. The molecule has 0 saturated heterocycles. The van der Waals surface area contributed by atoms with E-state index in [0.29, 0.717) is 5.56 Å². The van der Waals surface area contributed by atoms with Crippen molar-refractivity contribution in [3.63, 3.8) is 0 Å². The van der Waals surface area contributed by atoms with E-state index in [2.05, 4.69) is 4.74 Å². The summed E-state index contributed by atoms with van der Waals surface area (Å²) >= 11 is 6.19. The molecule has 0 heterocycles. The minimum absolute atomic E-state index is 0.0301. The lowest BCUT2D eigenvalue weighted by atomic mass is 10.1. The molecule has 2 aromatic carbocycles. The molecule has 0 saturated carbocycles. The Balaban J connectivity index is 2.30. The number of methoxy groups -OCH3 is 1. The van der Waals surface area contributed by atoms with Crippen LogP contribution in [0.3, 0.4) is 0 Å². The summed E-state index contributed by atoms with van der Waals surface area (Å²) in [6, 6.07) is 8.31. The van der Waals surface area contributed by atoms with Crippen molar-refractivity contribution >= 4 is 27.5 Å². The van der Waals surface area contributed by atoms with E-state index in [4.69, 9.17) is 16.3 Å². The molecule has 0 spiro atoms. The average Bonchev–Trinajstić information content (AvgIpc) is 2.74. The second-order valence-corrected chi connectivity index (χ2v) is 9.10. The smallest absolute Gasteiger partial charge is 0.387 e. The van der Waals surface area contributed by atoms with Crippen molar-refractivity contribution in [1.82, 2.24) is 9.21 Å². The van der Waals surface area contributed by atoms with Gasteiger partial charge in [0.2, 0.25) is 10.0 Å². The van der Waals surface area contributed by atoms with Gasteiger partial charge in [-0.1, -0.05) is 31.5 Å². The maximum atomic E-state index is 13.0. The lowest BCUT2D eigenvalue weighted by molar-refractivity contribution is -0.0512. The predicted octanol–water partition coefficient (Wildman–Crippen LogP) is 4.25. The molecule has 0 radical (unpaired) electrons. The number of hydrogen-bond acceptors (Lipinski definition) is 5. The van der Waals surface area contributed by atoms with E-state index in [9.17, 15) is 22.0 Å². The first-order valence-electron chi connectivity index (χ1n) is 9.72. The number of amides is 1. The fourth-order valence-electron chi connectivity index (χ4n) is 3.10. The predicted molar refractivity (Wildman–Crippen MR) is 117 cm³/mol. The molecular formula is C21H25ClF2N2O5S. The molecule has 2 rings (SSSR count). The second-order valence-electron chi connectivity index (χ2n) is 6.76. The third kappa shape index (κ3) is 5.87. The number of nitrogens with zero attached hydrogens (tertiary/aromatic N) is 2. The molecule has 1 amide bonds. The van der Waals surface area contributed by atoms with Gasteiger partial charge in [-0.3, -0.25) is 4.79 Å². The van der Waals surface area contributed by atoms with E-state index < -0.39 is 22.5 Å². The van der Waals surface area contributed by atoms with E-state index in [0.717, 1.165) is 0 Å². The van der Waals surface area contributed by atoms with Crippen molar-refractivity contribution in [3.05, 3.63) is 52.5 Å². The zero-order chi connectivity index (χ0) is 24.1. The van der Waals surface area contributed by atoms with Crippen LogP contribution in [0, 0.1) is 0 Å². The Kier molecular flexibility index (Phi) is 8.82. The molecule has 0 atom stereocenters. The van der Waals surface area contributed by atoms with Gasteiger partial charge in [-0.25, -0.2) is 8.42 Å². The third-order valence-electron chi connectivity index (χ3n) is 4.72. The van der Waals surface area contributed by atoms with Gasteiger partial charge in [-0.15, -0.1) is 0 Å². The minimum atomic E-state index is -3.77.